The summed E-state index contributed by atoms with van der Waals surface area (Å²) >= 11 is 0. The van der Waals surface area contributed by atoms with E-state index in [-0.39, 0.29) is 35.4 Å². The molecule has 170 valence electrons. The Morgan fingerprint density at radius 1 is 1.13 bits per heavy atom. The summed E-state index contributed by atoms with van der Waals surface area (Å²) in [5.41, 5.74) is 1.73. The van der Waals surface area contributed by atoms with Gasteiger partial charge in [0.05, 0.1) is 24.5 Å². The molecule has 0 unspecified atom stereocenters. The third-order valence-corrected chi connectivity index (χ3v) is 8.37. The number of aromatic nitrogens is 1. The lowest BCUT2D eigenvalue weighted by Gasteiger charge is -2.37. The number of nitrogens with zero attached hydrogens (tertiary/aromatic N) is 1. The number of pyridine rings is 1. The molecule has 1 N–H and O–H groups in total. The van der Waals surface area contributed by atoms with Gasteiger partial charge in [0.2, 0.25) is 10.0 Å². The average Bonchev–Trinajstić information content (AvgIpc) is 2.73. The third kappa shape index (κ3) is 5.35. The number of sulfonamides is 1. The quantitative estimate of drug-likeness (QED) is 0.670. The zero-order chi connectivity index (χ0) is 21.9. The zero-order valence-electron chi connectivity index (χ0n) is 18.9. The Morgan fingerprint density at radius 2 is 1.83 bits per heavy atom. The molecule has 0 aromatic carbocycles. The minimum atomic E-state index is -3.37. The number of hydrogen-bond acceptors (Lipinski definition) is 4. The van der Waals surface area contributed by atoms with E-state index in [1.54, 1.807) is 6.92 Å². The molecule has 30 heavy (non-hydrogen) atoms. The number of rotatable bonds is 8. The van der Waals surface area contributed by atoms with Crippen molar-refractivity contribution < 1.29 is 13.2 Å². The van der Waals surface area contributed by atoms with Crippen LogP contribution in [0.4, 0.5) is 0 Å². The van der Waals surface area contributed by atoms with Gasteiger partial charge in [0.1, 0.15) is 0 Å². The highest BCUT2D eigenvalue weighted by atomic mass is 32.2. The molecule has 1 aliphatic heterocycles. The van der Waals surface area contributed by atoms with Gasteiger partial charge in [-0.05, 0) is 63.4 Å². The second kappa shape index (κ2) is 9.96. The molecule has 1 aromatic heterocycles. The number of ether oxygens (including phenoxy) is 1. The molecular formula is C23H38N2O4S. The molecule has 6 nitrogen and oxygen atoms in total. The molecule has 1 fully saturated rings. The fourth-order valence-electron chi connectivity index (χ4n) is 4.87. The minimum Gasteiger partial charge on any atom is -0.376 e. The van der Waals surface area contributed by atoms with E-state index in [4.69, 9.17) is 4.74 Å². The van der Waals surface area contributed by atoms with Crippen LogP contribution >= 0.6 is 0 Å². The summed E-state index contributed by atoms with van der Waals surface area (Å²) in [6.45, 7) is 8.28. The Hall–Kier alpha value is -1.18. The number of fused-ring (bicyclic) bond motifs is 1. The maximum absolute atomic E-state index is 13.3. The predicted octanol–water partition coefficient (Wildman–Crippen LogP) is 3.75. The average molecular weight is 439 g/mol. The highest BCUT2D eigenvalue weighted by Crippen LogP contribution is 2.31. The van der Waals surface area contributed by atoms with Gasteiger partial charge in [0, 0.05) is 17.3 Å². The van der Waals surface area contributed by atoms with Crippen molar-refractivity contribution in [1.82, 2.24) is 9.29 Å². The summed E-state index contributed by atoms with van der Waals surface area (Å²) in [7, 11) is -3.37. The van der Waals surface area contributed by atoms with Crippen molar-refractivity contribution >= 4 is 10.0 Å². The van der Waals surface area contributed by atoms with Crippen molar-refractivity contribution in [1.29, 1.82) is 0 Å². The predicted molar refractivity (Wildman–Crippen MR) is 121 cm³/mol. The molecule has 3 rings (SSSR count). The van der Waals surface area contributed by atoms with E-state index in [0.717, 1.165) is 30.0 Å². The van der Waals surface area contributed by atoms with Gasteiger partial charge in [-0.15, -0.1) is 0 Å². The van der Waals surface area contributed by atoms with Gasteiger partial charge < -0.3 is 9.30 Å². The Morgan fingerprint density at radius 3 is 2.43 bits per heavy atom. The molecule has 0 spiro atoms. The highest BCUT2D eigenvalue weighted by Gasteiger charge is 2.34. The van der Waals surface area contributed by atoms with Crippen LogP contribution in [0.5, 0.6) is 0 Å². The van der Waals surface area contributed by atoms with E-state index in [2.05, 4.69) is 11.6 Å². The van der Waals surface area contributed by atoms with E-state index in [1.165, 1.54) is 19.3 Å². The summed E-state index contributed by atoms with van der Waals surface area (Å²) in [5, 5.41) is 0. The number of nitrogens with one attached hydrogen (secondary N) is 1. The monoisotopic (exact) mass is 438 g/mol. The lowest BCUT2D eigenvalue weighted by atomic mass is 9.86. The molecule has 1 saturated carbocycles. The third-order valence-electron chi connectivity index (χ3n) is 6.94. The lowest BCUT2D eigenvalue weighted by molar-refractivity contribution is -0.00697. The van der Waals surface area contributed by atoms with Crippen molar-refractivity contribution in [3.8, 4) is 0 Å². The molecule has 1 aliphatic carbocycles. The summed E-state index contributed by atoms with van der Waals surface area (Å²) in [6, 6.07) is 3.32. The van der Waals surface area contributed by atoms with Crippen LogP contribution in [0.1, 0.15) is 89.4 Å². The van der Waals surface area contributed by atoms with Gasteiger partial charge in [-0.1, -0.05) is 33.3 Å². The molecule has 0 radical (unpaired) electrons. The van der Waals surface area contributed by atoms with Gasteiger partial charge in [0.25, 0.3) is 5.56 Å². The molecule has 7 heteroatoms. The maximum atomic E-state index is 13.3. The first-order valence-corrected chi connectivity index (χ1v) is 13.3. The van der Waals surface area contributed by atoms with Gasteiger partial charge >= 0.3 is 0 Å². The topological polar surface area (TPSA) is 77.4 Å². The smallest absolute Gasteiger partial charge is 0.254 e. The standard InChI is InChI=1S/C23H38N2O4S/c1-5-17-7-11-19(12-8-17)29-15-22-21(24-30(27,28)6-2)14-10-18-9-13-20(16(3)4)23(26)25(18)22/h9,13,16-17,19,21-22,24H,5-8,10-12,14-15H2,1-4H3/t17?,19?,21-,22-/m0/s1. The Labute approximate surface area is 181 Å². The Balaban J connectivity index is 1.86. The fourth-order valence-corrected chi connectivity index (χ4v) is 5.78. The maximum Gasteiger partial charge on any atom is 0.254 e. The summed E-state index contributed by atoms with van der Waals surface area (Å²) < 4.78 is 35.6. The first kappa shape index (κ1) is 23.5. The fraction of sp³-hybridized carbons (Fsp3) is 0.783. The lowest BCUT2D eigenvalue weighted by Crippen LogP contribution is -2.50. The van der Waals surface area contributed by atoms with Crippen molar-refractivity contribution in [2.24, 2.45) is 5.92 Å². The van der Waals surface area contributed by atoms with Gasteiger partial charge in [0.15, 0.2) is 0 Å². The van der Waals surface area contributed by atoms with Crippen LogP contribution in [0.3, 0.4) is 0 Å². The van der Waals surface area contributed by atoms with Crippen molar-refractivity contribution in [3.63, 3.8) is 0 Å². The molecule has 0 amide bonds. The van der Waals surface area contributed by atoms with E-state index < -0.39 is 10.0 Å². The first-order valence-electron chi connectivity index (χ1n) is 11.6. The molecule has 2 heterocycles. The molecule has 1 aromatic rings. The SMILES string of the molecule is CCC1CCC(OC[C@H]2[C@@H](NS(=O)(=O)CC)CCc3ccc(C(C)C)c(=O)n32)CC1. The molecule has 2 aliphatic rings. The van der Waals surface area contributed by atoms with Crippen LogP contribution in [0.15, 0.2) is 16.9 Å². The molecular weight excluding hydrogens is 400 g/mol. The van der Waals surface area contributed by atoms with Crippen LogP contribution < -0.4 is 10.3 Å². The zero-order valence-corrected chi connectivity index (χ0v) is 19.7. The normalized spacial score (nSPS) is 27.2. The van der Waals surface area contributed by atoms with E-state index in [0.29, 0.717) is 19.4 Å². The second-order valence-electron chi connectivity index (χ2n) is 9.23. The van der Waals surface area contributed by atoms with Crippen LogP contribution in [-0.4, -0.2) is 37.5 Å². The number of hydrogen-bond donors (Lipinski definition) is 1. The van der Waals surface area contributed by atoms with Gasteiger partial charge in [-0.2, -0.15) is 0 Å². The Kier molecular flexibility index (Phi) is 7.80. The van der Waals surface area contributed by atoms with E-state index in [1.807, 2.05) is 30.5 Å². The summed E-state index contributed by atoms with van der Waals surface area (Å²) in [4.78, 5) is 13.3. The van der Waals surface area contributed by atoms with Crippen LogP contribution in [0.2, 0.25) is 0 Å². The van der Waals surface area contributed by atoms with Crippen LogP contribution in [0.25, 0.3) is 0 Å². The first-order chi connectivity index (χ1) is 14.3. The largest absolute Gasteiger partial charge is 0.376 e. The number of aryl methyl sites for hydroxylation is 1. The van der Waals surface area contributed by atoms with Crippen LogP contribution in [0, 0.1) is 5.92 Å². The van der Waals surface area contributed by atoms with Crippen molar-refractivity contribution in [2.45, 2.75) is 96.7 Å². The van der Waals surface area contributed by atoms with E-state index in [9.17, 15) is 13.2 Å². The van der Waals surface area contributed by atoms with Crippen molar-refractivity contribution in [3.05, 3.63) is 33.7 Å². The molecule has 0 saturated heterocycles. The summed E-state index contributed by atoms with van der Waals surface area (Å²) in [5.74, 6) is 0.945. The van der Waals surface area contributed by atoms with Crippen molar-refractivity contribution in [2.75, 3.05) is 12.4 Å². The molecule has 0 bridgehead atoms. The molecule has 2 atom stereocenters. The second-order valence-corrected chi connectivity index (χ2v) is 11.3. The van der Waals surface area contributed by atoms with Crippen LogP contribution in [-0.2, 0) is 21.2 Å². The van der Waals surface area contributed by atoms with E-state index >= 15 is 0 Å². The van der Waals surface area contributed by atoms with Gasteiger partial charge in [-0.3, -0.25) is 4.79 Å². The minimum absolute atomic E-state index is 0.00816. The highest BCUT2D eigenvalue weighted by molar-refractivity contribution is 7.89. The Bertz CT molecular complexity index is 870. The van der Waals surface area contributed by atoms with Gasteiger partial charge in [-0.25, -0.2) is 13.1 Å². The summed E-state index contributed by atoms with van der Waals surface area (Å²) in [6.07, 6.45) is 7.24.